The number of likely N-dealkylation sites (tertiary alicyclic amines) is 1. The van der Waals surface area contributed by atoms with Gasteiger partial charge in [0.25, 0.3) is 0 Å². The summed E-state index contributed by atoms with van der Waals surface area (Å²) < 4.78 is 5.33. The van der Waals surface area contributed by atoms with Gasteiger partial charge < -0.3 is 14.9 Å². The number of aliphatic hydroxyl groups excluding tert-OH is 2. The molecule has 0 amide bonds. The van der Waals surface area contributed by atoms with E-state index in [-0.39, 0.29) is 18.8 Å². The van der Waals surface area contributed by atoms with Crippen LogP contribution in [0.2, 0.25) is 0 Å². The minimum Gasteiger partial charge on any atom is -0.396 e. The van der Waals surface area contributed by atoms with Crippen molar-refractivity contribution in [2.45, 2.75) is 37.3 Å². The second kappa shape index (κ2) is 8.25. The highest BCUT2D eigenvalue weighted by atomic mass is 35.5. The summed E-state index contributed by atoms with van der Waals surface area (Å²) in [5.74, 6) is 0. The predicted octanol–water partition coefficient (Wildman–Crippen LogP) is 0.797. The highest BCUT2D eigenvalue weighted by Gasteiger charge is 2.22. The normalized spacial score (nSPS) is 23.8. The number of alkyl halides is 1. The van der Waals surface area contributed by atoms with E-state index < -0.39 is 0 Å². The van der Waals surface area contributed by atoms with Gasteiger partial charge in [0.05, 0.1) is 6.61 Å². The van der Waals surface area contributed by atoms with E-state index in [0.717, 1.165) is 25.9 Å². The number of hydrogen-bond donors (Lipinski definition) is 2. The second-order valence-corrected chi connectivity index (χ2v) is 4.65. The molecule has 0 aromatic heterocycles. The topological polar surface area (TPSA) is 52.9 Å². The van der Waals surface area contributed by atoms with Crippen LogP contribution in [0.4, 0.5) is 0 Å². The molecule has 0 spiro atoms. The Hall–Kier alpha value is 0.130. The molecule has 0 saturated carbocycles. The Balaban J connectivity index is 2.02. The fourth-order valence-electron chi connectivity index (χ4n) is 2.06. The molecule has 96 valence electrons. The fourth-order valence-corrected chi connectivity index (χ4v) is 2.25. The number of aliphatic hydroxyl groups is 2. The molecule has 0 radical (unpaired) electrons. The Kier molecular flexibility index (Phi) is 7.32. The van der Waals surface area contributed by atoms with Gasteiger partial charge in [-0.15, -0.1) is 0 Å². The zero-order valence-electron chi connectivity index (χ0n) is 9.65. The Morgan fingerprint density at radius 2 is 2.25 bits per heavy atom. The summed E-state index contributed by atoms with van der Waals surface area (Å²) in [4.78, 5) is 2.30. The second-order valence-electron chi connectivity index (χ2n) is 4.16. The molecule has 5 heteroatoms. The maximum absolute atomic E-state index is 9.13. The van der Waals surface area contributed by atoms with Crippen LogP contribution in [-0.2, 0) is 4.74 Å². The highest BCUT2D eigenvalue weighted by molar-refractivity contribution is 6.19. The quantitative estimate of drug-likeness (QED) is 0.495. The first-order chi connectivity index (χ1) is 7.77. The molecular formula is C11H22ClNO3. The van der Waals surface area contributed by atoms with Crippen LogP contribution in [0.15, 0.2) is 0 Å². The third-order valence-corrected chi connectivity index (χ3v) is 3.30. The average molecular weight is 252 g/mol. The summed E-state index contributed by atoms with van der Waals surface area (Å²) in [6, 6.07) is 0.337. The van der Waals surface area contributed by atoms with Crippen molar-refractivity contribution in [3.05, 3.63) is 0 Å². The Morgan fingerprint density at radius 3 is 2.94 bits per heavy atom. The van der Waals surface area contributed by atoms with Crippen molar-refractivity contribution in [1.29, 1.82) is 0 Å². The zero-order chi connectivity index (χ0) is 11.8. The molecule has 1 aliphatic rings. The van der Waals surface area contributed by atoms with E-state index in [1.165, 1.54) is 6.42 Å². The molecule has 2 N–H and O–H groups in total. The minimum atomic E-state index is -0.378. The van der Waals surface area contributed by atoms with E-state index in [9.17, 15) is 0 Å². The molecule has 1 fully saturated rings. The number of halogens is 1. The summed E-state index contributed by atoms with van der Waals surface area (Å²) in [5.41, 5.74) is -0.378. The summed E-state index contributed by atoms with van der Waals surface area (Å²) in [5, 5.41) is 17.8. The summed E-state index contributed by atoms with van der Waals surface area (Å²) in [6.07, 6.45) is 3.67. The summed E-state index contributed by atoms with van der Waals surface area (Å²) in [6.45, 7) is 2.96. The molecule has 1 rings (SSSR count). The van der Waals surface area contributed by atoms with Crippen LogP contribution in [0.5, 0.6) is 0 Å². The van der Waals surface area contributed by atoms with Crippen LogP contribution in [0.3, 0.4) is 0 Å². The van der Waals surface area contributed by atoms with Gasteiger partial charge in [0.15, 0.2) is 0 Å². The number of rotatable bonds is 8. The van der Waals surface area contributed by atoms with Gasteiger partial charge in [-0.05, 0) is 25.8 Å². The van der Waals surface area contributed by atoms with E-state index >= 15 is 0 Å². The van der Waals surface area contributed by atoms with Crippen LogP contribution in [0.1, 0.15) is 25.7 Å². The Bertz CT molecular complexity index is 183. The van der Waals surface area contributed by atoms with Crippen molar-refractivity contribution in [1.82, 2.24) is 4.90 Å². The smallest absolute Gasteiger partial charge is 0.133 e. The maximum atomic E-state index is 9.13. The summed E-state index contributed by atoms with van der Waals surface area (Å²) >= 11 is 5.80. The third kappa shape index (κ3) is 4.97. The molecule has 16 heavy (non-hydrogen) atoms. The molecule has 1 aliphatic heterocycles. The van der Waals surface area contributed by atoms with Crippen molar-refractivity contribution in [3.8, 4) is 0 Å². The van der Waals surface area contributed by atoms with E-state index in [1.807, 2.05) is 0 Å². The summed E-state index contributed by atoms with van der Waals surface area (Å²) in [7, 11) is 0. The minimum absolute atomic E-state index is 0.0624. The van der Waals surface area contributed by atoms with Crippen LogP contribution in [0.25, 0.3) is 0 Å². The molecule has 0 bridgehead atoms. The lowest BCUT2D eigenvalue weighted by atomic mass is 10.2. The van der Waals surface area contributed by atoms with Gasteiger partial charge in [0.2, 0.25) is 0 Å². The highest BCUT2D eigenvalue weighted by Crippen LogP contribution is 2.16. The third-order valence-electron chi connectivity index (χ3n) is 2.95. The van der Waals surface area contributed by atoms with Gasteiger partial charge in [-0.2, -0.15) is 0 Å². The fraction of sp³-hybridized carbons (Fsp3) is 1.00. The molecule has 0 aromatic rings. The molecule has 0 aromatic carbocycles. The molecule has 2 unspecified atom stereocenters. The largest absolute Gasteiger partial charge is 0.396 e. The van der Waals surface area contributed by atoms with Crippen molar-refractivity contribution in [2.75, 3.05) is 32.9 Å². The van der Waals surface area contributed by atoms with Gasteiger partial charge in [0.1, 0.15) is 5.56 Å². The van der Waals surface area contributed by atoms with Gasteiger partial charge in [-0.25, -0.2) is 0 Å². The molecular weight excluding hydrogens is 230 g/mol. The lowest BCUT2D eigenvalue weighted by Crippen LogP contribution is -2.33. The van der Waals surface area contributed by atoms with Crippen LogP contribution >= 0.6 is 11.6 Å². The van der Waals surface area contributed by atoms with Gasteiger partial charge in [-0.3, -0.25) is 4.90 Å². The Labute approximate surface area is 102 Å². The standard InChI is InChI=1S/C11H22ClNO3/c12-11(4-7-14)16-8-2-6-13-5-1-3-10(13)9-15/h10-11,14-15H,1-9H2. The average Bonchev–Trinajstić information content (AvgIpc) is 2.72. The molecule has 1 saturated heterocycles. The Morgan fingerprint density at radius 1 is 1.44 bits per heavy atom. The van der Waals surface area contributed by atoms with Gasteiger partial charge in [0, 0.05) is 32.2 Å². The first-order valence-electron chi connectivity index (χ1n) is 5.99. The SMILES string of the molecule is OCCC(Cl)OCCCN1CCCC1CO. The van der Waals surface area contributed by atoms with Crippen LogP contribution in [-0.4, -0.2) is 59.6 Å². The number of ether oxygens (including phenoxy) is 1. The molecule has 4 nitrogen and oxygen atoms in total. The molecule has 2 atom stereocenters. The van der Waals surface area contributed by atoms with E-state index in [1.54, 1.807) is 0 Å². The molecule has 1 heterocycles. The van der Waals surface area contributed by atoms with Gasteiger partial charge >= 0.3 is 0 Å². The molecule has 0 aliphatic carbocycles. The lowest BCUT2D eigenvalue weighted by molar-refractivity contribution is 0.0749. The van der Waals surface area contributed by atoms with Crippen LogP contribution in [0, 0.1) is 0 Å². The zero-order valence-corrected chi connectivity index (χ0v) is 10.4. The van der Waals surface area contributed by atoms with Gasteiger partial charge in [-0.1, -0.05) is 11.6 Å². The van der Waals surface area contributed by atoms with Crippen molar-refractivity contribution >= 4 is 11.6 Å². The number of hydrogen-bond acceptors (Lipinski definition) is 4. The monoisotopic (exact) mass is 251 g/mol. The first-order valence-corrected chi connectivity index (χ1v) is 6.43. The number of nitrogens with zero attached hydrogens (tertiary/aromatic N) is 1. The van der Waals surface area contributed by atoms with E-state index in [4.69, 9.17) is 26.6 Å². The van der Waals surface area contributed by atoms with Crippen LogP contribution < -0.4 is 0 Å². The van der Waals surface area contributed by atoms with E-state index in [0.29, 0.717) is 19.1 Å². The van der Waals surface area contributed by atoms with Crippen molar-refractivity contribution in [2.24, 2.45) is 0 Å². The predicted molar refractivity (Wildman–Crippen MR) is 63.6 cm³/mol. The maximum Gasteiger partial charge on any atom is 0.133 e. The van der Waals surface area contributed by atoms with E-state index in [2.05, 4.69) is 4.90 Å². The first kappa shape index (κ1) is 14.2. The lowest BCUT2D eigenvalue weighted by Gasteiger charge is -2.22. The van der Waals surface area contributed by atoms with Crippen molar-refractivity contribution in [3.63, 3.8) is 0 Å². The van der Waals surface area contributed by atoms with Crippen molar-refractivity contribution < 1.29 is 14.9 Å².